The standard InChI is InChI=1S/C12H16O2/c13-9-10-5-1-2-6-11(10)12-7-3-4-8-14-12/h1-2,5-6,12-13H,3-4,7-9H2. The van der Waals surface area contributed by atoms with Gasteiger partial charge in [-0.25, -0.2) is 0 Å². The fourth-order valence-electron chi connectivity index (χ4n) is 1.98. The molecule has 1 aliphatic rings. The highest BCUT2D eigenvalue weighted by Gasteiger charge is 2.17. The monoisotopic (exact) mass is 192 g/mol. The molecule has 2 heteroatoms. The summed E-state index contributed by atoms with van der Waals surface area (Å²) in [5.74, 6) is 0. The molecule has 2 nitrogen and oxygen atoms in total. The highest BCUT2D eigenvalue weighted by Crippen LogP contribution is 2.29. The van der Waals surface area contributed by atoms with Gasteiger partial charge in [0.1, 0.15) is 0 Å². The van der Waals surface area contributed by atoms with Crippen LogP contribution in [0.15, 0.2) is 24.3 Å². The summed E-state index contributed by atoms with van der Waals surface area (Å²) in [6.07, 6.45) is 3.67. The van der Waals surface area contributed by atoms with Gasteiger partial charge >= 0.3 is 0 Å². The van der Waals surface area contributed by atoms with Gasteiger partial charge in [0.15, 0.2) is 0 Å². The van der Waals surface area contributed by atoms with Gasteiger partial charge in [0.2, 0.25) is 0 Å². The lowest BCUT2D eigenvalue weighted by Crippen LogP contribution is -2.13. The summed E-state index contributed by atoms with van der Waals surface area (Å²) < 4.78 is 5.70. The second-order valence-corrected chi connectivity index (χ2v) is 3.71. The smallest absolute Gasteiger partial charge is 0.0828 e. The van der Waals surface area contributed by atoms with E-state index in [1.165, 1.54) is 6.42 Å². The number of hydrogen-bond donors (Lipinski definition) is 1. The molecule has 1 aromatic rings. The Hall–Kier alpha value is -0.860. The van der Waals surface area contributed by atoms with Crippen molar-refractivity contribution in [3.63, 3.8) is 0 Å². The molecule has 1 aromatic carbocycles. The molecule has 14 heavy (non-hydrogen) atoms. The Balaban J connectivity index is 2.20. The molecule has 1 aliphatic heterocycles. The quantitative estimate of drug-likeness (QED) is 0.779. The molecule has 1 atom stereocenters. The lowest BCUT2D eigenvalue weighted by Gasteiger charge is -2.24. The summed E-state index contributed by atoms with van der Waals surface area (Å²) in [4.78, 5) is 0. The zero-order valence-corrected chi connectivity index (χ0v) is 8.28. The van der Waals surface area contributed by atoms with Crippen LogP contribution in [-0.2, 0) is 11.3 Å². The Labute approximate surface area is 84.5 Å². The van der Waals surface area contributed by atoms with Crippen LogP contribution in [0.3, 0.4) is 0 Å². The van der Waals surface area contributed by atoms with Gasteiger partial charge in [-0.2, -0.15) is 0 Å². The molecule has 0 bridgehead atoms. The normalized spacial score (nSPS) is 22.2. The summed E-state index contributed by atoms with van der Waals surface area (Å²) >= 11 is 0. The third kappa shape index (κ3) is 1.97. The zero-order chi connectivity index (χ0) is 9.80. The predicted octanol–water partition coefficient (Wildman–Crippen LogP) is 2.42. The molecule has 0 saturated carbocycles. The maximum atomic E-state index is 9.19. The van der Waals surface area contributed by atoms with E-state index in [1.54, 1.807) is 0 Å². The van der Waals surface area contributed by atoms with Crippen LogP contribution in [0.5, 0.6) is 0 Å². The van der Waals surface area contributed by atoms with Crippen molar-refractivity contribution in [1.82, 2.24) is 0 Å². The number of rotatable bonds is 2. The van der Waals surface area contributed by atoms with Gasteiger partial charge in [0.25, 0.3) is 0 Å². The zero-order valence-electron chi connectivity index (χ0n) is 8.28. The molecule has 2 rings (SSSR count). The molecule has 1 fully saturated rings. The van der Waals surface area contributed by atoms with Gasteiger partial charge < -0.3 is 9.84 Å². The van der Waals surface area contributed by atoms with Gasteiger partial charge in [-0.05, 0) is 30.4 Å². The largest absolute Gasteiger partial charge is 0.392 e. The molecule has 0 spiro atoms. The molecule has 1 saturated heterocycles. The maximum Gasteiger partial charge on any atom is 0.0828 e. The Kier molecular flexibility index (Phi) is 3.17. The lowest BCUT2D eigenvalue weighted by molar-refractivity contribution is 0.0138. The van der Waals surface area contributed by atoms with E-state index in [0.717, 1.165) is 30.6 Å². The van der Waals surface area contributed by atoms with Crippen LogP contribution in [0.4, 0.5) is 0 Å². The van der Waals surface area contributed by atoms with Gasteiger partial charge in [-0.3, -0.25) is 0 Å². The average molecular weight is 192 g/mol. The van der Waals surface area contributed by atoms with E-state index in [2.05, 4.69) is 6.07 Å². The van der Waals surface area contributed by atoms with Crippen molar-refractivity contribution < 1.29 is 9.84 Å². The third-order valence-electron chi connectivity index (χ3n) is 2.75. The van der Waals surface area contributed by atoms with E-state index >= 15 is 0 Å². The molecule has 0 amide bonds. The minimum atomic E-state index is 0.107. The van der Waals surface area contributed by atoms with Crippen molar-refractivity contribution in [1.29, 1.82) is 0 Å². The Morgan fingerprint density at radius 1 is 1.29 bits per heavy atom. The third-order valence-corrected chi connectivity index (χ3v) is 2.75. The second kappa shape index (κ2) is 4.58. The molecule has 1 unspecified atom stereocenters. The highest BCUT2D eigenvalue weighted by atomic mass is 16.5. The van der Waals surface area contributed by atoms with Crippen molar-refractivity contribution in [2.45, 2.75) is 32.0 Å². The molecule has 1 heterocycles. The van der Waals surface area contributed by atoms with Crippen LogP contribution in [0.2, 0.25) is 0 Å². The Morgan fingerprint density at radius 2 is 2.14 bits per heavy atom. The highest BCUT2D eigenvalue weighted by molar-refractivity contribution is 5.28. The number of ether oxygens (including phenoxy) is 1. The minimum Gasteiger partial charge on any atom is -0.392 e. The van der Waals surface area contributed by atoms with Crippen molar-refractivity contribution in [2.75, 3.05) is 6.61 Å². The molecule has 76 valence electrons. The fourth-order valence-corrected chi connectivity index (χ4v) is 1.98. The van der Waals surface area contributed by atoms with Gasteiger partial charge in [0, 0.05) is 6.61 Å². The first-order chi connectivity index (χ1) is 6.92. The summed E-state index contributed by atoms with van der Waals surface area (Å²) in [7, 11) is 0. The predicted molar refractivity (Wildman–Crippen MR) is 54.9 cm³/mol. The van der Waals surface area contributed by atoms with E-state index in [4.69, 9.17) is 4.74 Å². The van der Waals surface area contributed by atoms with Crippen LogP contribution in [-0.4, -0.2) is 11.7 Å². The lowest BCUT2D eigenvalue weighted by atomic mass is 9.97. The van der Waals surface area contributed by atoms with E-state index in [-0.39, 0.29) is 12.7 Å². The molecule has 0 radical (unpaired) electrons. The van der Waals surface area contributed by atoms with Gasteiger partial charge in [0.05, 0.1) is 12.7 Å². The van der Waals surface area contributed by atoms with Crippen molar-refractivity contribution in [3.8, 4) is 0 Å². The first kappa shape index (κ1) is 9.69. The van der Waals surface area contributed by atoms with Gasteiger partial charge in [-0.1, -0.05) is 24.3 Å². The molecular weight excluding hydrogens is 176 g/mol. The van der Waals surface area contributed by atoms with Crippen LogP contribution in [0.1, 0.15) is 36.5 Å². The first-order valence-corrected chi connectivity index (χ1v) is 5.22. The minimum absolute atomic E-state index is 0.107. The second-order valence-electron chi connectivity index (χ2n) is 3.71. The summed E-state index contributed by atoms with van der Waals surface area (Å²) in [5, 5.41) is 9.19. The number of hydrogen-bond acceptors (Lipinski definition) is 2. The number of benzene rings is 1. The summed E-state index contributed by atoms with van der Waals surface area (Å²) in [6.45, 7) is 0.959. The van der Waals surface area contributed by atoms with E-state index < -0.39 is 0 Å². The van der Waals surface area contributed by atoms with E-state index in [0.29, 0.717) is 0 Å². The summed E-state index contributed by atoms with van der Waals surface area (Å²) in [6, 6.07) is 7.99. The van der Waals surface area contributed by atoms with Crippen molar-refractivity contribution in [2.24, 2.45) is 0 Å². The van der Waals surface area contributed by atoms with Crippen molar-refractivity contribution in [3.05, 3.63) is 35.4 Å². The number of aliphatic hydroxyl groups is 1. The van der Waals surface area contributed by atoms with E-state index in [9.17, 15) is 5.11 Å². The summed E-state index contributed by atoms with van der Waals surface area (Å²) in [5.41, 5.74) is 2.16. The van der Waals surface area contributed by atoms with Crippen molar-refractivity contribution >= 4 is 0 Å². The van der Waals surface area contributed by atoms with Crippen LogP contribution in [0, 0.1) is 0 Å². The number of aliphatic hydroxyl groups excluding tert-OH is 1. The fraction of sp³-hybridized carbons (Fsp3) is 0.500. The molecule has 0 aliphatic carbocycles. The first-order valence-electron chi connectivity index (χ1n) is 5.22. The topological polar surface area (TPSA) is 29.5 Å². The van der Waals surface area contributed by atoms with Crippen LogP contribution >= 0.6 is 0 Å². The average Bonchev–Trinajstić information content (AvgIpc) is 2.30. The van der Waals surface area contributed by atoms with Crippen LogP contribution < -0.4 is 0 Å². The van der Waals surface area contributed by atoms with Gasteiger partial charge in [-0.15, -0.1) is 0 Å². The molecular formula is C12H16O2. The molecule has 0 aromatic heterocycles. The van der Waals surface area contributed by atoms with Crippen LogP contribution in [0.25, 0.3) is 0 Å². The Bertz CT molecular complexity index is 290. The van der Waals surface area contributed by atoms with E-state index in [1.807, 2.05) is 18.2 Å². The Morgan fingerprint density at radius 3 is 2.86 bits per heavy atom. The molecule has 1 N–H and O–H groups in total. The maximum absolute atomic E-state index is 9.19. The SMILES string of the molecule is OCc1ccccc1C1CCCCO1.